The van der Waals surface area contributed by atoms with Gasteiger partial charge >= 0.3 is 0 Å². The van der Waals surface area contributed by atoms with Crippen LogP contribution in [-0.4, -0.2) is 50.1 Å². The summed E-state index contributed by atoms with van der Waals surface area (Å²) in [6, 6.07) is 15.0. The van der Waals surface area contributed by atoms with E-state index < -0.39 is 0 Å². The number of benzene rings is 1. The normalized spacial score (nSPS) is 15.0. The molecule has 1 aliphatic rings. The van der Waals surface area contributed by atoms with Crippen LogP contribution in [0.3, 0.4) is 0 Å². The molecule has 3 rings (SSSR count). The second-order valence-electron chi connectivity index (χ2n) is 5.87. The van der Waals surface area contributed by atoms with Crippen LogP contribution in [0.5, 0.6) is 0 Å². The van der Waals surface area contributed by atoms with Crippen LogP contribution in [-0.2, 0) is 6.42 Å². The molecule has 1 N–H and O–H groups in total. The molecule has 0 amide bonds. The zero-order chi connectivity index (χ0) is 16.6. The zero-order valence-electron chi connectivity index (χ0n) is 14.7. The Balaban J connectivity index is 0.00000225. The lowest BCUT2D eigenvalue weighted by Crippen LogP contribution is -2.52. The predicted octanol–water partition coefficient (Wildman–Crippen LogP) is 3.70. The Morgan fingerprint density at radius 3 is 2.48 bits per heavy atom. The van der Waals surface area contributed by atoms with Gasteiger partial charge in [-0.3, -0.25) is 4.99 Å². The van der Waals surface area contributed by atoms with E-state index in [0.29, 0.717) is 0 Å². The summed E-state index contributed by atoms with van der Waals surface area (Å²) in [6.07, 6.45) is 1.02. The number of nitrogens with one attached hydrogen (secondary N) is 1. The maximum Gasteiger partial charge on any atom is 0.194 e. The molecule has 0 atom stereocenters. The van der Waals surface area contributed by atoms with E-state index in [4.69, 9.17) is 4.99 Å². The summed E-state index contributed by atoms with van der Waals surface area (Å²) in [4.78, 5) is 11.1. The minimum Gasteiger partial charge on any atom is -0.368 e. The van der Waals surface area contributed by atoms with Crippen LogP contribution in [0.1, 0.15) is 11.8 Å². The van der Waals surface area contributed by atoms with Gasteiger partial charge in [0.15, 0.2) is 5.96 Å². The first-order valence-electron chi connectivity index (χ1n) is 8.72. The number of piperazine rings is 1. The molecule has 0 aliphatic carbocycles. The fraction of sp³-hybridized carbons (Fsp3) is 0.421. The minimum atomic E-state index is 0. The highest BCUT2D eigenvalue weighted by Gasteiger charge is 2.19. The van der Waals surface area contributed by atoms with Crippen LogP contribution in [0.25, 0.3) is 0 Å². The number of anilines is 1. The predicted molar refractivity (Wildman–Crippen MR) is 120 cm³/mol. The van der Waals surface area contributed by atoms with Gasteiger partial charge in [-0.15, -0.1) is 35.3 Å². The number of para-hydroxylation sites is 1. The average Bonchev–Trinajstić information content (AvgIpc) is 3.15. The van der Waals surface area contributed by atoms with Crippen molar-refractivity contribution in [2.24, 2.45) is 4.99 Å². The molecule has 1 fully saturated rings. The molecule has 0 unspecified atom stereocenters. The summed E-state index contributed by atoms with van der Waals surface area (Å²) in [7, 11) is 0. The molecule has 6 heteroatoms. The molecule has 1 aromatic carbocycles. The molecule has 0 spiro atoms. The first-order chi connectivity index (χ1) is 11.9. The van der Waals surface area contributed by atoms with Crippen LogP contribution in [0.15, 0.2) is 52.8 Å². The van der Waals surface area contributed by atoms with E-state index in [0.717, 1.165) is 51.6 Å². The monoisotopic (exact) mass is 470 g/mol. The highest BCUT2D eigenvalue weighted by molar-refractivity contribution is 14.0. The van der Waals surface area contributed by atoms with Gasteiger partial charge in [-0.05, 0) is 30.5 Å². The zero-order valence-corrected chi connectivity index (χ0v) is 17.9. The lowest BCUT2D eigenvalue weighted by molar-refractivity contribution is 0.372. The number of aliphatic imine (C=N–C) groups is 1. The Bertz CT molecular complexity index is 622. The van der Waals surface area contributed by atoms with Gasteiger partial charge in [-0.2, -0.15) is 0 Å². The lowest BCUT2D eigenvalue weighted by atomic mass is 10.2. The van der Waals surface area contributed by atoms with Crippen molar-refractivity contribution in [2.75, 3.05) is 44.2 Å². The number of rotatable bonds is 5. The highest BCUT2D eigenvalue weighted by Crippen LogP contribution is 2.15. The quantitative estimate of drug-likeness (QED) is 0.411. The van der Waals surface area contributed by atoms with Crippen molar-refractivity contribution in [3.8, 4) is 0 Å². The van der Waals surface area contributed by atoms with E-state index in [1.165, 1.54) is 10.6 Å². The maximum atomic E-state index is 4.83. The molecule has 2 aromatic rings. The van der Waals surface area contributed by atoms with Crippen LogP contribution in [0.4, 0.5) is 5.69 Å². The van der Waals surface area contributed by atoms with Crippen LogP contribution in [0.2, 0.25) is 0 Å². The van der Waals surface area contributed by atoms with Gasteiger partial charge in [0.05, 0.1) is 0 Å². The van der Waals surface area contributed by atoms with Gasteiger partial charge in [0, 0.05) is 56.3 Å². The van der Waals surface area contributed by atoms with Crippen LogP contribution >= 0.6 is 35.3 Å². The minimum absolute atomic E-state index is 0. The summed E-state index contributed by atoms with van der Waals surface area (Å²) < 4.78 is 0. The summed E-state index contributed by atoms with van der Waals surface area (Å²) in [5.41, 5.74) is 1.32. The van der Waals surface area contributed by atoms with E-state index in [-0.39, 0.29) is 24.0 Å². The maximum absolute atomic E-state index is 4.83. The SMILES string of the molecule is CCNC(=NCCc1cccs1)N1CCN(c2ccccc2)CC1.I. The Morgan fingerprint density at radius 1 is 1.08 bits per heavy atom. The van der Waals surface area contributed by atoms with Crippen molar-refractivity contribution < 1.29 is 0 Å². The Labute approximate surface area is 172 Å². The Kier molecular flexibility index (Phi) is 8.54. The highest BCUT2D eigenvalue weighted by atomic mass is 127. The van der Waals surface area contributed by atoms with Gasteiger partial charge in [-0.25, -0.2) is 0 Å². The van der Waals surface area contributed by atoms with Gasteiger partial charge in [0.2, 0.25) is 0 Å². The largest absolute Gasteiger partial charge is 0.368 e. The van der Waals surface area contributed by atoms with E-state index in [1.807, 2.05) is 11.3 Å². The summed E-state index contributed by atoms with van der Waals surface area (Å²) >= 11 is 1.81. The van der Waals surface area contributed by atoms with E-state index in [9.17, 15) is 0 Å². The number of hydrogen-bond acceptors (Lipinski definition) is 3. The molecule has 1 aliphatic heterocycles. The number of halogens is 1. The molecular formula is C19H27IN4S. The molecular weight excluding hydrogens is 443 g/mol. The lowest BCUT2D eigenvalue weighted by Gasteiger charge is -2.37. The molecule has 0 bridgehead atoms. The topological polar surface area (TPSA) is 30.9 Å². The first-order valence-corrected chi connectivity index (χ1v) is 9.60. The molecule has 25 heavy (non-hydrogen) atoms. The van der Waals surface area contributed by atoms with Gasteiger partial charge in [0.25, 0.3) is 0 Å². The van der Waals surface area contributed by atoms with E-state index >= 15 is 0 Å². The molecule has 1 saturated heterocycles. The number of guanidine groups is 1. The molecule has 0 radical (unpaired) electrons. The molecule has 136 valence electrons. The average molecular weight is 470 g/mol. The molecule has 2 heterocycles. The van der Waals surface area contributed by atoms with Gasteiger partial charge in [-0.1, -0.05) is 24.3 Å². The Morgan fingerprint density at radius 2 is 1.84 bits per heavy atom. The van der Waals surface area contributed by atoms with Gasteiger partial charge in [0.1, 0.15) is 0 Å². The number of nitrogens with zero attached hydrogens (tertiary/aromatic N) is 3. The van der Waals surface area contributed by atoms with Crippen molar-refractivity contribution in [1.82, 2.24) is 10.2 Å². The standard InChI is InChI=1S/C19H26N4S.HI/c1-2-20-19(21-11-10-18-9-6-16-24-18)23-14-12-22(13-15-23)17-7-4-3-5-8-17;/h3-9,16H,2,10-15H2,1H3,(H,20,21);1H. The van der Waals surface area contributed by atoms with E-state index in [2.05, 4.69) is 69.9 Å². The fourth-order valence-electron chi connectivity index (χ4n) is 2.97. The summed E-state index contributed by atoms with van der Waals surface area (Å²) in [5.74, 6) is 1.06. The van der Waals surface area contributed by atoms with E-state index in [1.54, 1.807) is 0 Å². The van der Waals surface area contributed by atoms with Gasteiger partial charge < -0.3 is 15.1 Å². The van der Waals surface area contributed by atoms with Crippen LogP contribution in [0, 0.1) is 0 Å². The number of thiophene rings is 1. The third-order valence-corrected chi connectivity index (χ3v) is 5.17. The van der Waals surface area contributed by atoms with Crippen LogP contribution < -0.4 is 10.2 Å². The second-order valence-corrected chi connectivity index (χ2v) is 6.91. The molecule has 1 aromatic heterocycles. The van der Waals surface area contributed by atoms with Crippen molar-refractivity contribution in [2.45, 2.75) is 13.3 Å². The van der Waals surface area contributed by atoms with Crippen molar-refractivity contribution in [3.05, 3.63) is 52.7 Å². The fourth-order valence-corrected chi connectivity index (χ4v) is 3.67. The number of hydrogen-bond donors (Lipinski definition) is 1. The first kappa shape index (κ1) is 20.0. The third kappa shape index (κ3) is 5.88. The molecule has 0 saturated carbocycles. The Hall–Kier alpha value is -1.28. The second kappa shape index (κ2) is 10.7. The molecule has 4 nitrogen and oxygen atoms in total. The van der Waals surface area contributed by atoms with Crippen molar-refractivity contribution in [1.29, 1.82) is 0 Å². The van der Waals surface area contributed by atoms with Crippen molar-refractivity contribution >= 4 is 47.0 Å². The summed E-state index contributed by atoms with van der Waals surface area (Å²) in [5, 5.41) is 5.58. The smallest absolute Gasteiger partial charge is 0.194 e. The van der Waals surface area contributed by atoms with Crippen molar-refractivity contribution in [3.63, 3.8) is 0 Å². The summed E-state index contributed by atoms with van der Waals surface area (Å²) in [6.45, 7) is 8.01. The third-order valence-electron chi connectivity index (χ3n) is 4.24.